The zero-order chi connectivity index (χ0) is 25.9. The highest BCUT2D eigenvalue weighted by atomic mass is 32.1. The zero-order valence-corrected chi connectivity index (χ0v) is 21.6. The standard InChI is InChI=1S/C30H20N2O4S2/c33-27(31-29-21(25-11-5-15-37-25)17-19-7-1-3-9-23(19)35-29)13-14-28(34)32-30-22(26-12-6-16-38-26)18-20-8-2-4-10-24(20)36-30/h1-12,15-18H,13-14H2. The third-order valence-electron chi connectivity index (χ3n) is 5.89. The van der Waals surface area contributed by atoms with Gasteiger partial charge in [0.1, 0.15) is 11.2 Å². The molecule has 0 radical (unpaired) electrons. The molecule has 0 N–H and O–H groups in total. The molecule has 0 bridgehead atoms. The van der Waals surface area contributed by atoms with Crippen molar-refractivity contribution >= 4 is 56.4 Å². The maximum Gasteiger partial charge on any atom is 0.249 e. The first-order chi connectivity index (χ1) is 18.6. The van der Waals surface area contributed by atoms with Crippen molar-refractivity contribution in [2.45, 2.75) is 12.8 Å². The van der Waals surface area contributed by atoms with Gasteiger partial charge in [-0.1, -0.05) is 48.5 Å². The van der Waals surface area contributed by atoms with Gasteiger partial charge < -0.3 is 8.83 Å². The van der Waals surface area contributed by atoms with Gasteiger partial charge in [-0.05, 0) is 47.2 Å². The molecule has 0 aliphatic carbocycles. The summed E-state index contributed by atoms with van der Waals surface area (Å²) in [6.45, 7) is 0. The topological polar surface area (TPSA) is 85.1 Å². The van der Waals surface area contributed by atoms with Crippen LogP contribution in [0.2, 0.25) is 0 Å². The summed E-state index contributed by atoms with van der Waals surface area (Å²) < 4.78 is 12.0. The molecule has 4 heterocycles. The first-order valence-corrected chi connectivity index (χ1v) is 13.7. The first-order valence-electron chi connectivity index (χ1n) is 11.9. The molecule has 38 heavy (non-hydrogen) atoms. The molecule has 0 saturated heterocycles. The number of benzene rings is 2. The number of amides is 2. The normalized spacial score (nSPS) is 12.4. The molecular formula is C30H20N2O4S2. The second-order valence-electron chi connectivity index (χ2n) is 8.47. The van der Waals surface area contributed by atoms with Crippen LogP contribution in [0.25, 0.3) is 42.8 Å². The number of rotatable bonds is 5. The number of hydrogen-bond acceptors (Lipinski definition) is 6. The fraction of sp³-hybridized carbons (Fsp3) is 0.0667. The summed E-state index contributed by atoms with van der Waals surface area (Å²) in [6, 6.07) is 26.8. The Hall–Kier alpha value is -4.40. The molecule has 0 aliphatic rings. The minimum Gasteiger partial charge on any atom is -0.438 e. The summed E-state index contributed by atoms with van der Waals surface area (Å²) in [7, 11) is 0. The molecule has 0 spiro atoms. The summed E-state index contributed by atoms with van der Waals surface area (Å²) >= 11 is 3.07. The highest BCUT2D eigenvalue weighted by Gasteiger charge is 2.13. The average Bonchev–Trinajstić information content (AvgIpc) is 3.66. The molecule has 4 aromatic heterocycles. The molecule has 0 aliphatic heterocycles. The van der Waals surface area contributed by atoms with Crippen LogP contribution in [0.4, 0.5) is 0 Å². The number of carbonyl (C=O) groups excluding carboxylic acids is 2. The quantitative estimate of drug-likeness (QED) is 0.238. The highest BCUT2D eigenvalue weighted by Crippen LogP contribution is 2.26. The Bertz CT molecular complexity index is 1770. The molecule has 0 unspecified atom stereocenters. The van der Waals surface area contributed by atoms with Gasteiger partial charge in [0.05, 0.1) is 11.1 Å². The van der Waals surface area contributed by atoms with Crippen LogP contribution in [-0.4, -0.2) is 11.8 Å². The van der Waals surface area contributed by atoms with E-state index in [1.807, 2.05) is 95.7 Å². The van der Waals surface area contributed by atoms with E-state index in [0.717, 1.165) is 31.7 Å². The Morgan fingerprint density at radius 2 is 1.05 bits per heavy atom. The smallest absolute Gasteiger partial charge is 0.249 e. The molecule has 186 valence electrons. The minimum absolute atomic E-state index is 0.101. The largest absolute Gasteiger partial charge is 0.438 e. The molecular weight excluding hydrogens is 516 g/mol. The van der Waals surface area contributed by atoms with Crippen LogP contribution in [0.5, 0.6) is 0 Å². The predicted molar refractivity (Wildman–Crippen MR) is 149 cm³/mol. The lowest BCUT2D eigenvalue weighted by molar-refractivity contribution is -0.123. The van der Waals surface area contributed by atoms with Gasteiger partial charge in [-0.25, -0.2) is 0 Å². The Balaban J connectivity index is 1.29. The fourth-order valence-corrected chi connectivity index (χ4v) is 5.54. The Kier molecular flexibility index (Phi) is 6.64. The number of carbonyl (C=O) groups is 2. The zero-order valence-electron chi connectivity index (χ0n) is 20.0. The first kappa shape index (κ1) is 24.0. The van der Waals surface area contributed by atoms with Crippen LogP contribution in [0.15, 0.2) is 115 Å². The van der Waals surface area contributed by atoms with Crippen molar-refractivity contribution in [3.63, 3.8) is 0 Å². The predicted octanol–water partition coefficient (Wildman–Crippen LogP) is 6.97. The van der Waals surface area contributed by atoms with E-state index in [0.29, 0.717) is 11.2 Å². The van der Waals surface area contributed by atoms with Crippen molar-refractivity contribution < 1.29 is 18.4 Å². The third-order valence-corrected chi connectivity index (χ3v) is 7.70. The van der Waals surface area contributed by atoms with Crippen LogP contribution in [0.3, 0.4) is 0 Å². The Morgan fingerprint density at radius 3 is 1.47 bits per heavy atom. The van der Waals surface area contributed by atoms with E-state index < -0.39 is 11.8 Å². The second kappa shape index (κ2) is 10.5. The summed E-state index contributed by atoms with van der Waals surface area (Å²) in [5.41, 5.74) is 3.18. The Labute approximate surface area is 224 Å². The molecule has 0 saturated carbocycles. The van der Waals surface area contributed by atoms with Crippen molar-refractivity contribution in [3.05, 3.63) is 107 Å². The fourth-order valence-electron chi connectivity index (χ4n) is 4.07. The van der Waals surface area contributed by atoms with Crippen molar-refractivity contribution in [1.82, 2.24) is 0 Å². The van der Waals surface area contributed by atoms with Gasteiger partial charge in [0.15, 0.2) is 0 Å². The van der Waals surface area contributed by atoms with Gasteiger partial charge >= 0.3 is 0 Å². The number of hydrogen-bond donors (Lipinski definition) is 0. The van der Waals surface area contributed by atoms with Gasteiger partial charge in [0, 0.05) is 33.4 Å². The van der Waals surface area contributed by atoms with Crippen LogP contribution >= 0.6 is 22.7 Å². The van der Waals surface area contributed by atoms with Crippen LogP contribution in [0, 0.1) is 0 Å². The SMILES string of the molecule is O=C(CCC(=O)N=c1oc2ccccc2cc1-c1cccs1)N=c1oc2ccccc2cc1-c1cccs1. The lowest BCUT2D eigenvalue weighted by Gasteiger charge is -2.03. The monoisotopic (exact) mass is 536 g/mol. The third kappa shape index (κ3) is 5.04. The maximum atomic E-state index is 12.8. The number of thiophene rings is 2. The van der Waals surface area contributed by atoms with Gasteiger partial charge in [-0.2, -0.15) is 9.98 Å². The summed E-state index contributed by atoms with van der Waals surface area (Å²) in [5, 5.41) is 5.74. The van der Waals surface area contributed by atoms with E-state index in [4.69, 9.17) is 8.83 Å². The average molecular weight is 537 g/mol. The van der Waals surface area contributed by atoms with Crippen molar-refractivity contribution in [3.8, 4) is 20.9 Å². The number of nitrogens with zero attached hydrogens (tertiary/aromatic N) is 2. The molecule has 6 nitrogen and oxygen atoms in total. The van der Waals surface area contributed by atoms with E-state index in [9.17, 15) is 9.59 Å². The lowest BCUT2D eigenvalue weighted by Crippen LogP contribution is -2.12. The summed E-state index contributed by atoms with van der Waals surface area (Å²) in [6.07, 6.45) is -0.201. The molecule has 8 heteroatoms. The Morgan fingerprint density at radius 1 is 0.605 bits per heavy atom. The molecule has 0 fully saturated rings. The minimum atomic E-state index is -0.459. The van der Waals surface area contributed by atoms with Crippen molar-refractivity contribution in [2.75, 3.05) is 0 Å². The number of para-hydroxylation sites is 2. The number of fused-ring (bicyclic) bond motifs is 2. The summed E-state index contributed by atoms with van der Waals surface area (Å²) in [4.78, 5) is 36.0. The van der Waals surface area contributed by atoms with Gasteiger partial charge in [0.25, 0.3) is 0 Å². The highest BCUT2D eigenvalue weighted by molar-refractivity contribution is 7.13. The van der Waals surface area contributed by atoms with Gasteiger partial charge in [-0.15, -0.1) is 22.7 Å². The van der Waals surface area contributed by atoms with E-state index in [1.54, 1.807) is 0 Å². The molecule has 2 aromatic carbocycles. The van der Waals surface area contributed by atoms with E-state index in [-0.39, 0.29) is 23.9 Å². The van der Waals surface area contributed by atoms with Crippen LogP contribution < -0.4 is 11.1 Å². The van der Waals surface area contributed by atoms with Crippen molar-refractivity contribution in [1.29, 1.82) is 0 Å². The lowest BCUT2D eigenvalue weighted by atomic mass is 10.1. The van der Waals surface area contributed by atoms with E-state index >= 15 is 0 Å². The molecule has 6 rings (SSSR count). The van der Waals surface area contributed by atoms with Crippen LogP contribution in [0.1, 0.15) is 12.8 Å². The molecule has 6 aromatic rings. The second-order valence-corrected chi connectivity index (χ2v) is 10.4. The van der Waals surface area contributed by atoms with Crippen LogP contribution in [-0.2, 0) is 9.59 Å². The van der Waals surface area contributed by atoms with E-state index in [2.05, 4.69) is 9.98 Å². The molecule has 0 atom stereocenters. The van der Waals surface area contributed by atoms with Crippen molar-refractivity contribution in [2.24, 2.45) is 9.98 Å². The van der Waals surface area contributed by atoms with Gasteiger partial charge in [0.2, 0.25) is 22.9 Å². The van der Waals surface area contributed by atoms with Gasteiger partial charge in [-0.3, -0.25) is 9.59 Å². The summed E-state index contributed by atoms with van der Waals surface area (Å²) in [5.74, 6) is -0.918. The van der Waals surface area contributed by atoms with E-state index in [1.165, 1.54) is 22.7 Å². The maximum absolute atomic E-state index is 12.8. The molecule has 2 amide bonds.